The SMILES string of the molecule is Cn1c(C(=O)CN)cc2ncncc21. The van der Waals surface area contributed by atoms with Crippen LogP contribution in [0.2, 0.25) is 0 Å². The molecule has 0 aliphatic heterocycles. The van der Waals surface area contributed by atoms with Gasteiger partial charge in [-0.3, -0.25) is 4.79 Å². The van der Waals surface area contributed by atoms with E-state index >= 15 is 0 Å². The van der Waals surface area contributed by atoms with Crippen LogP contribution in [0, 0.1) is 0 Å². The number of hydrogen-bond acceptors (Lipinski definition) is 4. The summed E-state index contributed by atoms with van der Waals surface area (Å²) < 4.78 is 1.75. The third-order valence-electron chi connectivity index (χ3n) is 2.19. The van der Waals surface area contributed by atoms with Crippen molar-refractivity contribution >= 4 is 16.8 Å². The monoisotopic (exact) mass is 190 g/mol. The van der Waals surface area contributed by atoms with E-state index in [2.05, 4.69) is 9.97 Å². The molecule has 0 spiro atoms. The summed E-state index contributed by atoms with van der Waals surface area (Å²) in [5.41, 5.74) is 7.47. The van der Waals surface area contributed by atoms with E-state index in [0.717, 1.165) is 11.0 Å². The largest absolute Gasteiger partial charge is 0.339 e. The lowest BCUT2D eigenvalue weighted by atomic mass is 10.3. The first-order valence-corrected chi connectivity index (χ1v) is 4.22. The molecule has 0 bridgehead atoms. The molecule has 2 aromatic heterocycles. The quantitative estimate of drug-likeness (QED) is 0.682. The zero-order valence-electron chi connectivity index (χ0n) is 7.77. The number of fused-ring (bicyclic) bond motifs is 1. The second-order valence-electron chi connectivity index (χ2n) is 3.01. The summed E-state index contributed by atoms with van der Waals surface area (Å²) >= 11 is 0. The molecule has 0 fully saturated rings. The second kappa shape index (κ2) is 3.19. The summed E-state index contributed by atoms with van der Waals surface area (Å²) in [5, 5.41) is 0. The van der Waals surface area contributed by atoms with Crippen LogP contribution in [0.1, 0.15) is 10.5 Å². The van der Waals surface area contributed by atoms with Crippen molar-refractivity contribution in [3.8, 4) is 0 Å². The fourth-order valence-corrected chi connectivity index (χ4v) is 1.43. The number of Topliss-reactive ketones (excluding diaryl/α,β-unsaturated/α-hetero) is 1. The summed E-state index contributed by atoms with van der Waals surface area (Å²) in [6, 6.07) is 1.73. The van der Waals surface area contributed by atoms with Gasteiger partial charge < -0.3 is 10.3 Å². The zero-order valence-corrected chi connectivity index (χ0v) is 7.77. The second-order valence-corrected chi connectivity index (χ2v) is 3.01. The lowest BCUT2D eigenvalue weighted by Crippen LogP contribution is -2.16. The minimum atomic E-state index is -0.0921. The van der Waals surface area contributed by atoms with E-state index in [9.17, 15) is 4.79 Å². The lowest BCUT2D eigenvalue weighted by molar-refractivity contribution is 0.0994. The first-order chi connectivity index (χ1) is 6.74. The van der Waals surface area contributed by atoms with Crippen molar-refractivity contribution in [2.45, 2.75) is 0 Å². The molecule has 2 heterocycles. The Morgan fingerprint density at radius 2 is 2.43 bits per heavy atom. The van der Waals surface area contributed by atoms with Crippen molar-refractivity contribution in [1.29, 1.82) is 0 Å². The average molecular weight is 190 g/mol. The van der Waals surface area contributed by atoms with Gasteiger partial charge >= 0.3 is 0 Å². The Kier molecular flexibility index (Phi) is 2.01. The summed E-state index contributed by atoms with van der Waals surface area (Å²) in [5.74, 6) is -0.0921. The Balaban J connectivity index is 2.68. The molecule has 0 saturated carbocycles. The van der Waals surface area contributed by atoms with Crippen molar-refractivity contribution in [3.05, 3.63) is 24.3 Å². The van der Waals surface area contributed by atoms with Gasteiger partial charge in [0.15, 0.2) is 5.78 Å². The number of rotatable bonds is 2. The summed E-state index contributed by atoms with van der Waals surface area (Å²) in [7, 11) is 1.80. The molecule has 0 amide bonds. The van der Waals surface area contributed by atoms with E-state index in [1.54, 1.807) is 23.9 Å². The van der Waals surface area contributed by atoms with Gasteiger partial charge in [-0.05, 0) is 6.07 Å². The molecule has 2 aromatic rings. The molecule has 0 atom stereocenters. The number of carbonyl (C=O) groups excluding carboxylic acids is 1. The Bertz CT molecular complexity index is 489. The van der Waals surface area contributed by atoms with Crippen molar-refractivity contribution < 1.29 is 4.79 Å². The Morgan fingerprint density at radius 3 is 3.07 bits per heavy atom. The molecule has 0 aromatic carbocycles. The van der Waals surface area contributed by atoms with Crippen LogP contribution in [-0.2, 0) is 7.05 Å². The molecule has 5 heteroatoms. The number of hydrogen-bond donors (Lipinski definition) is 1. The normalized spacial score (nSPS) is 10.7. The minimum absolute atomic E-state index is 0.0115. The third-order valence-corrected chi connectivity index (χ3v) is 2.19. The van der Waals surface area contributed by atoms with Crippen molar-refractivity contribution in [2.24, 2.45) is 12.8 Å². The van der Waals surface area contributed by atoms with Crippen molar-refractivity contribution in [1.82, 2.24) is 14.5 Å². The molecule has 5 nitrogen and oxygen atoms in total. The molecule has 14 heavy (non-hydrogen) atoms. The molecule has 0 unspecified atom stereocenters. The molecule has 2 rings (SSSR count). The highest BCUT2D eigenvalue weighted by atomic mass is 16.1. The molecule has 72 valence electrons. The first-order valence-electron chi connectivity index (χ1n) is 4.22. The van der Waals surface area contributed by atoms with Gasteiger partial charge in [0.2, 0.25) is 0 Å². The number of ketones is 1. The molecule has 0 aliphatic carbocycles. The average Bonchev–Trinajstić information content (AvgIpc) is 2.56. The molecular formula is C9H10N4O. The van der Waals surface area contributed by atoms with Gasteiger partial charge in [0.05, 0.1) is 29.5 Å². The van der Waals surface area contributed by atoms with Gasteiger partial charge in [-0.1, -0.05) is 0 Å². The third kappa shape index (κ3) is 1.18. The molecule has 0 radical (unpaired) electrons. The van der Waals surface area contributed by atoms with E-state index in [1.807, 2.05) is 0 Å². The van der Waals surface area contributed by atoms with Gasteiger partial charge in [0.25, 0.3) is 0 Å². The van der Waals surface area contributed by atoms with Crippen molar-refractivity contribution in [2.75, 3.05) is 6.54 Å². The number of nitrogens with two attached hydrogens (primary N) is 1. The number of nitrogens with zero attached hydrogens (tertiary/aromatic N) is 3. The van der Waals surface area contributed by atoms with E-state index in [4.69, 9.17) is 5.73 Å². The fraction of sp³-hybridized carbons (Fsp3) is 0.222. The van der Waals surface area contributed by atoms with Gasteiger partial charge in [-0.2, -0.15) is 0 Å². The smallest absolute Gasteiger partial charge is 0.192 e. The molecule has 0 aliphatic rings. The van der Waals surface area contributed by atoms with Gasteiger partial charge in [0.1, 0.15) is 6.33 Å². The summed E-state index contributed by atoms with van der Waals surface area (Å²) in [6.07, 6.45) is 3.13. The summed E-state index contributed by atoms with van der Waals surface area (Å²) in [6.45, 7) is 0.0115. The van der Waals surface area contributed by atoms with Crippen LogP contribution in [0.4, 0.5) is 0 Å². The molecule has 2 N–H and O–H groups in total. The Morgan fingerprint density at radius 1 is 1.64 bits per heavy atom. The standard InChI is InChI=1S/C9H10N4O/c1-13-7(9(14)3-10)2-6-8(13)4-11-5-12-6/h2,4-5H,3,10H2,1H3. The van der Waals surface area contributed by atoms with E-state index < -0.39 is 0 Å². The van der Waals surface area contributed by atoms with Crippen LogP contribution in [0.3, 0.4) is 0 Å². The first kappa shape index (κ1) is 8.83. The highest BCUT2D eigenvalue weighted by Crippen LogP contribution is 2.14. The zero-order chi connectivity index (χ0) is 10.1. The van der Waals surface area contributed by atoms with Gasteiger partial charge in [0, 0.05) is 7.05 Å². The number of carbonyl (C=O) groups is 1. The Hall–Kier alpha value is -1.75. The fourth-order valence-electron chi connectivity index (χ4n) is 1.43. The van der Waals surface area contributed by atoms with Crippen LogP contribution >= 0.6 is 0 Å². The van der Waals surface area contributed by atoms with E-state index in [1.165, 1.54) is 6.33 Å². The number of aryl methyl sites for hydroxylation is 1. The Labute approximate surface area is 80.6 Å². The minimum Gasteiger partial charge on any atom is -0.339 e. The van der Waals surface area contributed by atoms with Crippen LogP contribution in [0.5, 0.6) is 0 Å². The van der Waals surface area contributed by atoms with Gasteiger partial charge in [-0.15, -0.1) is 0 Å². The lowest BCUT2D eigenvalue weighted by Gasteiger charge is -1.99. The van der Waals surface area contributed by atoms with Crippen LogP contribution in [0.15, 0.2) is 18.6 Å². The number of aromatic nitrogens is 3. The van der Waals surface area contributed by atoms with E-state index in [0.29, 0.717) is 5.69 Å². The maximum Gasteiger partial charge on any atom is 0.192 e. The van der Waals surface area contributed by atoms with Gasteiger partial charge in [-0.25, -0.2) is 9.97 Å². The van der Waals surface area contributed by atoms with Crippen LogP contribution in [0.25, 0.3) is 11.0 Å². The topological polar surface area (TPSA) is 73.8 Å². The molecule has 0 saturated heterocycles. The predicted molar refractivity (Wildman–Crippen MR) is 51.9 cm³/mol. The highest BCUT2D eigenvalue weighted by molar-refractivity contribution is 6.00. The molecular weight excluding hydrogens is 180 g/mol. The van der Waals surface area contributed by atoms with E-state index in [-0.39, 0.29) is 12.3 Å². The summed E-state index contributed by atoms with van der Waals surface area (Å²) in [4.78, 5) is 19.4. The predicted octanol–water partition coefficient (Wildman–Crippen LogP) is 0.110. The van der Waals surface area contributed by atoms with Crippen LogP contribution in [-0.4, -0.2) is 26.9 Å². The maximum absolute atomic E-state index is 11.4. The highest BCUT2D eigenvalue weighted by Gasteiger charge is 2.11. The van der Waals surface area contributed by atoms with Crippen LogP contribution < -0.4 is 5.73 Å². The van der Waals surface area contributed by atoms with Crippen molar-refractivity contribution in [3.63, 3.8) is 0 Å². The maximum atomic E-state index is 11.4.